The predicted octanol–water partition coefficient (Wildman–Crippen LogP) is 1.93. The van der Waals surface area contributed by atoms with Gasteiger partial charge in [0, 0.05) is 25.4 Å². The van der Waals surface area contributed by atoms with Crippen LogP contribution in [0.3, 0.4) is 0 Å². The van der Waals surface area contributed by atoms with Gasteiger partial charge in [-0.2, -0.15) is 0 Å². The van der Waals surface area contributed by atoms with Gasteiger partial charge in [0.25, 0.3) is 0 Å². The molecular formula is C13H19FN2O. The Balaban J connectivity index is 2.16. The molecule has 0 aromatic heterocycles. The maximum absolute atomic E-state index is 13.8. The monoisotopic (exact) mass is 238 g/mol. The highest BCUT2D eigenvalue weighted by molar-refractivity contribution is 5.59. The van der Waals surface area contributed by atoms with Gasteiger partial charge >= 0.3 is 0 Å². The van der Waals surface area contributed by atoms with Crippen molar-refractivity contribution in [3.05, 3.63) is 23.5 Å². The third-order valence-corrected chi connectivity index (χ3v) is 3.55. The van der Waals surface area contributed by atoms with Crippen molar-refractivity contribution in [3.8, 4) is 0 Å². The van der Waals surface area contributed by atoms with Gasteiger partial charge in [-0.3, -0.25) is 0 Å². The molecule has 2 rings (SSSR count). The Morgan fingerprint density at radius 3 is 2.65 bits per heavy atom. The Bertz CT molecular complexity index is 401. The quantitative estimate of drug-likeness (QED) is 0.774. The van der Waals surface area contributed by atoms with Gasteiger partial charge in [0.2, 0.25) is 0 Å². The average molecular weight is 238 g/mol. The summed E-state index contributed by atoms with van der Waals surface area (Å²) >= 11 is 0. The Kier molecular flexibility index (Phi) is 3.52. The lowest BCUT2D eigenvalue weighted by Gasteiger charge is -2.33. The van der Waals surface area contributed by atoms with Gasteiger partial charge in [0.15, 0.2) is 0 Å². The van der Waals surface area contributed by atoms with Crippen molar-refractivity contribution in [1.29, 1.82) is 0 Å². The van der Waals surface area contributed by atoms with Gasteiger partial charge in [-0.05, 0) is 43.4 Å². The topological polar surface area (TPSA) is 49.5 Å². The van der Waals surface area contributed by atoms with E-state index in [9.17, 15) is 4.39 Å². The zero-order chi connectivity index (χ0) is 12.4. The largest absolute Gasteiger partial charge is 0.398 e. The first kappa shape index (κ1) is 12.2. The summed E-state index contributed by atoms with van der Waals surface area (Å²) in [5.41, 5.74) is 7.71. The zero-order valence-electron chi connectivity index (χ0n) is 10.1. The molecule has 1 aromatic carbocycles. The van der Waals surface area contributed by atoms with Crippen LogP contribution < -0.4 is 10.6 Å². The van der Waals surface area contributed by atoms with Crippen molar-refractivity contribution < 1.29 is 9.50 Å². The van der Waals surface area contributed by atoms with E-state index in [1.165, 1.54) is 6.07 Å². The molecule has 0 saturated carbocycles. The van der Waals surface area contributed by atoms with E-state index in [1.54, 1.807) is 0 Å². The summed E-state index contributed by atoms with van der Waals surface area (Å²) in [5, 5.41) is 9.07. The lowest BCUT2D eigenvalue weighted by atomic mass is 9.97. The highest BCUT2D eigenvalue weighted by Gasteiger charge is 2.21. The molecule has 1 aliphatic heterocycles. The highest BCUT2D eigenvalue weighted by atomic mass is 19.1. The summed E-state index contributed by atoms with van der Waals surface area (Å²) in [5.74, 6) is 0.111. The van der Waals surface area contributed by atoms with Gasteiger partial charge in [-0.15, -0.1) is 0 Å². The normalized spacial score (nSPS) is 17.5. The van der Waals surface area contributed by atoms with Crippen LogP contribution in [0, 0.1) is 18.7 Å². The van der Waals surface area contributed by atoms with Crippen LogP contribution in [-0.4, -0.2) is 24.8 Å². The molecule has 1 aromatic rings. The number of nitrogen functional groups attached to an aromatic ring is 1. The Morgan fingerprint density at radius 2 is 2.06 bits per heavy atom. The van der Waals surface area contributed by atoms with Gasteiger partial charge in [-0.25, -0.2) is 4.39 Å². The van der Waals surface area contributed by atoms with Crippen LogP contribution in [-0.2, 0) is 0 Å². The summed E-state index contributed by atoms with van der Waals surface area (Å²) < 4.78 is 13.8. The van der Waals surface area contributed by atoms with Gasteiger partial charge in [0.1, 0.15) is 5.82 Å². The van der Waals surface area contributed by atoms with Crippen LogP contribution in [0.25, 0.3) is 0 Å². The molecule has 3 N–H and O–H groups in total. The minimum Gasteiger partial charge on any atom is -0.398 e. The third kappa shape index (κ3) is 2.52. The van der Waals surface area contributed by atoms with E-state index in [-0.39, 0.29) is 12.4 Å². The molecule has 0 spiro atoms. The molecule has 1 heterocycles. The van der Waals surface area contributed by atoms with Crippen LogP contribution in [0.5, 0.6) is 0 Å². The van der Waals surface area contributed by atoms with E-state index in [2.05, 4.69) is 0 Å². The Morgan fingerprint density at radius 1 is 1.41 bits per heavy atom. The molecule has 4 heteroatoms. The van der Waals surface area contributed by atoms with E-state index in [0.29, 0.717) is 17.3 Å². The van der Waals surface area contributed by atoms with Gasteiger partial charge in [0.05, 0.1) is 5.69 Å². The van der Waals surface area contributed by atoms with E-state index in [4.69, 9.17) is 10.8 Å². The average Bonchev–Trinajstić information content (AvgIpc) is 2.34. The van der Waals surface area contributed by atoms with Crippen LogP contribution in [0.2, 0.25) is 0 Å². The molecule has 3 nitrogen and oxygen atoms in total. The molecular weight excluding hydrogens is 219 g/mol. The molecule has 1 saturated heterocycles. The number of aliphatic hydroxyl groups excluding tert-OH is 1. The maximum atomic E-state index is 13.8. The second-order valence-corrected chi connectivity index (χ2v) is 4.77. The highest BCUT2D eigenvalue weighted by Crippen LogP contribution is 2.28. The molecule has 0 unspecified atom stereocenters. The van der Waals surface area contributed by atoms with Crippen LogP contribution in [0.1, 0.15) is 18.4 Å². The van der Waals surface area contributed by atoms with Gasteiger partial charge < -0.3 is 15.7 Å². The van der Waals surface area contributed by atoms with Crippen molar-refractivity contribution in [1.82, 2.24) is 0 Å². The molecule has 0 aliphatic carbocycles. The van der Waals surface area contributed by atoms with Crippen molar-refractivity contribution in [3.63, 3.8) is 0 Å². The molecule has 1 fully saturated rings. The molecule has 0 radical (unpaired) electrons. The number of aryl methyl sites for hydroxylation is 1. The van der Waals surface area contributed by atoms with Gasteiger partial charge in [-0.1, -0.05) is 0 Å². The SMILES string of the molecule is Cc1cc(N2CCC(CO)CC2)c(F)cc1N. The first-order valence-corrected chi connectivity index (χ1v) is 6.03. The van der Waals surface area contributed by atoms with Crippen molar-refractivity contribution in [2.24, 2.45) is 5.92 Å². The van der Waals surface area contributed by atoms with E-state index >= 15 is 0 Å². The predicted molar refractivity (Wildman–Crippen MR) is 67.6 cm³/mol. The first-order chi connectivity index (χ1) is 8.11. The molecule has 94 valence electrons. The van der Waals surface area contributed by atoms with Crippen molar-refractivity contribution in [2.45, 2.75) is 19.8 Å². The number of aliphatic hydroxyl groups is 1. The van der Waals surface area contributed by atoms with Crippen molar-refractivity contribution >= 4 is 11.4 Å². The molecule has 0 amide bonds. The molecule has 1 aliphatic rings. The fourth-order valence-electron chi connectivity index (χ4n) is 2.28. The molecule has 0 bridgehead atoms. The fourth-order valence-corrected chi connectivity index (χ4v) is 2.28. The number of hydrogen-bond donors (Lipinski definition) is 2. The number of anilines is 2. The second kappa shape index (κ2) is 4.92. The smallest absolute Gasteiger partial charge is 0.148 e. The Labute approximate surface area is 101 Å². The minimum absolute atomic E-state index is 0.233. The summed E-state index contributed by atoms with van der Waals surface area (Å²) in [7, 11) is 0. The summed E-state index contributed by atoms with van der Waals surface area (Å²) in [6.07, 6.45) is 1.83. The standard InChI is InChI=1S/C13H19FN2O/c1-9-6-13(11(14)7-12(9)15)16-4-2-10(8-17)3-5-16/h6-7,10,17H,2-5,8,15H2,1H3. The number of rotatable bonds is 2. The number of piperidine rings is 1. The maximum Gasteiger partial charge on any atom is 0.148 e. The number of hydrogen-bond acceptors (Lipinski definition) is 3. The van der Waals surface area contributed by atoms with Crippen LogP contribution in [0.15, 0.2) is 12.1 Å². The minimum atomic E-state index is -0.254. The summed E-state index contributed by atoms with van der Waals surface area (Å²) in [6, 6.07) is 3.20. The van der Waals surface area contributed by atoms with E-state index in [0.717, 1.165) is 31.5 Å². The lowest BCUT2D eigenvalue weighted by molar-refractivity contribution is 0.203. The number of nitrogens with zero attached hydrogens (tertiary/aromatic N) is 1. The molecule has 0 atom stereocenters. The fraction of sp³-hybridized carbons (Fsp3) is 0.538. The second-order valence-electron chi connectivity index (χ2n) is 4.77. The summed E-state index contributed by atoms with van der Waals surface area (Å²) in [6.45, 7) is 3.72. The third-order valence-electron chi connectivity index (χ3n) is 3.55. The zero-order valence-corrected chi connectivity index (χ0v) is 10.1. The Hall–Kier alpha value is -1.29. The van der Waals surface area contributed by atoms with E-state index in [1.807, 2.05) is 17.9 Å². The number of halogens is 1. The van der Waals surface area contributed by atoms with E-state index < -0.39 is 0 Å². The molecule has 17 heavy (non-hydrogen) atoms. The van der Waals surface area contributed by atoms with Crippen LogP contribution in [0.4, 0.5) is 15.8 Å². The lowest BCUT2D eigenvalue weighted by Crippen LogP contribution is -2.35. The van der Waals surface area contributed by atoms with Crippen molar-refractivity contribution in [2.75, 3.05) is 30.3 Å². The number of nitrogens with two attached hydrogens (primary N) is 1. The number of benzene rings is 1. The van der Waals surface area contributed by atoms with Crippen LogP contribution >= 0.6 is 0 Å². The first-order valence-electron chi connectivity index (χ1n) is 6.03. The summed E-state index contributed by atoms with van der Waals surface area (Å²) in [4.78, 5) is 2.04.